The fraction of sp³-hybridized carbons (Fsp3) is 0.538. The van der Waals surface area contributed by atoms with E-state index >= 15 is 0 Å². The molecule has 2 aliphatic rings. The molecule has 1 aromatic carbocycles. The van der Waals surface area contributed by atoms with Crippen LogP contribution < -0.4 is 14.8 Å². The third-order valence-electron chi connectivity index (χ3n) is 3.07. The van der Waals surface area contributed by atoms with Crippen molar-refractivity contribution in [3.8, 4) is 11.5 Å². The standard InChI is InChI=1S/C13H17NO3/c1-5-15-11-3-2-10(8-12(11)16-6-1)13-9-14-4-7-17-13/h2-3,8,13-14H,1,4-7,9H2/t13-/m0/s1. The zero-order valence-corrected chi connectivity index (χ0v) is 9.78. The molecule has 1 fully saturated rings. The molecule has 0 bridgehead atoms. The van der Waals surface area contributed by atoms with E-state index in [1.165, 1.54) is 0 Å². The molecule has 0 saturated carbocycles. The molecule has 0 spiro atoms. The Morgan fingerprint density at radius 1 is 1.06 bits per heavy atom. The molecule has 2 aliphatic heterocycles. The minimum absolute atomic E-state index is 0.126. The lowest BCUT2D eigenvalue weighted by molar-refractivity contribution is 0.0275. The number of hydrogen-bond acceptors (Lipinski definition) is 4. The van der Waals surface area contributed by atoms with Gasteiger partial charge < -0.3 is 19.5 Å². The molecule has 92 valence electrons. The lowest BCUT2D eigenvalue weighted by Crippen LogP contribution is -2.33. The third-order valence-corrected chi connectivity index (χ3v) is 3.07. The van der Waals surface area contributed by atoms with Gasteiger partial charge in [-0.1, -0.05) is 6.07 Å². The number of nitrogens with one attached hydrogen (secondary N) is 1. The maximum absolute atomic E-state index is 5.73. The highest BCUT2D eigenvalue weighted by atomic mass is 16.5. The Morgan fingerprint density at radius 3 is 2.76 bits per heavy atom. The molecular formula is C13H17NO3. The van der Waals surface area contributed by atoms with Crippen molar-refractivity contribution in [2.45, 2.75) is 12.5 Å². The van der Waals surface area contributed by atoms with Gasteiger partial charge >= 0.3 is 0 Å². The number of hydrogen-bond donors (Lipinski definition) is 1. The van der Waals surface area contributed by atoms with E-state index in [1.54, 1.807) is 0 Å². The zero-order valence-electron chi connectivity index (χ0n) is 9.78. The van der Waals surface area contributed by atoms with Crippen LogP contribution in [0.1, 0.15) is 18.1 Å². The molecule has 0 unspecified atom stereocenters. The Hall–Kier alpha value is -1.26. The summed E-state index contributed by atoms with van der Waals surface area (Å²) >= 11 is 0. The number of morpholine rings is 1. The molecule has 0 aliphatic carbocycles. The van der Waals surface area contributed by atoms with Gasteiger partial charge in [-0.25, -0.2) is 0 Å². The molecule has 3 rings (SSSR count). The monoisotopic (exact) mass is 235 g/mol. The van der Waals surface area contributed by atoms with Gasteiger partial charge in [-0.2, -0.15) is 0 Å². The van der Waals surface area contributed by atoms with Gasteiger partial charge in [0.1, 0.15) is 0 Å². The maximum Gasteiger partial charge on any atom is 0.161 e. The van der Waals surface area contributed by atoms with E-state index in [0.717, 1.165) is 56.4 Å². The van der Waals surface area contributed by atoms with Crippen molar-refractivity contribution < 1.29 is 14.2 Å². The van der Waals surface area contributed by atoms with Crippen LogP contribution in [0.5, 0.6) is 11.5 Å². The van der Waals surface area contributed by atoms with E-state index in [1.807, 2.05) is 12.1 Å². The van der Waals surface area contributed by atoms with Crippen molar-refractivity contribution in [3.05, 3.63) is 23.8 Å². The summed E-state index contributed by atoms with van der Waals surface area (Å²) in [7, 11) is 0. The van der Waals surface area contributed by atoms with Gasteiger partial charge in [0, 0.05) is 19.5 Å². The van der Waals surface area contributed by atoms with Crippen LogP contribution in [0.3, 0.4) is 0 Å². The van der Waals surface area contributed by atoms with Crippen LogP contribution in [0, 0.1) is 0 Å². The first-order valence-electron chi connectivity index (χ1n) is 6.15. The van der Waals surface area contributed by atoms with Crippen molar-refractivity contribution in [2.24, 2.45) is 0 Å². The van der Waals surface area contributed by atoms with Gasteiger partial charge in [-0.3, -0.25) is 0 Å². The SMILES string of the molecule is c1cc2c(cc1[C@@H]1CNCCO1)OCCCO2. The molecule has 1 saturated heterocycles. The first kappa shape index (κ1) is 10.9. The van der Waals surface area contributed by atoms with Crippen molar-refractivity contribution in [1.82, 2.24) is 5.32 Å². The molecule has 4 nitrogen and oxygen atoms in total. The second kappa shape index (κ2) is 4.94. The third kappa shape index (κ3) is 2.37. The fourth-order valence-corrected chi connectivity index (χ4v) is 2.16. The minimum atomic E-state index is 0.126. The first-order chi connectivity index (χ1) is 8.43. The summed E-state index contributed by atoms with van der Waals surface area (Å²) in [5, 5.41) is 3.33. The van der Waals surface area contributed by atoms with Crippen LogP contribution >= 0.6 is 0 Å². The van der Waals surface area contributed by atoms with Crippen molar-refractivity contribution in [2.75, 3.05) is 32.9 Å². The summed E-state index contributed by atoms with van der Waals surface area (Å²) in [6.07, 6.45) is 1.06. The van der Waals surface area contributed by atoms with Crippen LogP contribution in [-0.4, -0.2) is 32.9 Å². The second-order valence-corrected chi connectivity index (χ2v) is 4.32. The van der Waals surface area contributed by atoms with Crippen LogP contribution in [0.25, 0.3) is 0 Å². The Balaban J connectivity index is 1.83. The molecule has 1 atom stereocenters. The molecular weight excluding hydrogens is 218 g/mol. The van der Waals surface area contributed by atoms with E-state index in [9.17, 15) is 0 Å². The summed E-state index contributed by atoms with van der Waals surface area (Å²) in [6, 6.07) is 6.08. The number of ether oxygens (including phenoxy) is 3. The average molecular weight is 235 g/mol. The highest BCUT2D eigenvalue weighted by Gasteiger charge is 2.18. The maximum atomic E-state index is 5.73. The van der Waals surface area contributed by atoms with Crippen LogP contribution in [-0.2, 0) is 4.74 Å². The summed E-state index contributed by atoms with van der Waals surface area (Å²) in [4.78, 5) is 0. The van der Waals surface area contributed by atoms with Crippen molar-refractivity contribution >= 4 is 0 Å². The Labute approximate surface area is 101 Å². The van der Waals surface area contributed by atoms with Crippen LogP contribution in [0.4, 0.5) is 0 Å². The summed E-state index contributed by atoms with van der Waals surface area (Å²) in [5.74, 6) is 1.68. The Bertz CT molecular complexity index is 388. The largest absolute Gasteiger partial charge is 0.490 e. The van der Waals surface area contributed by atoms with Gasteiger partial charge in [-0.05, 0) is 17.7 Å². The van der Waals surface area contributed by atoms with E-state index < -0.39 is 0 Å². The van der Waals surface area contributed by atoms with Gasteiger partial charge in [0.15, 0.2) is 11.5 Å². The number of benzene rings is 1. The topological polar surface area (TPSA) is 39.7 Å². The molecule has 17 heavy (non-hydrogen) atoms. The minimum Gasteiger partial charge on any atom is -0.490 e. The lowest BCUT2D eigenvalue weighted by Gasteiger charge is -2.24. The summed E-state index contributed by atoms with van der Waals surface area (Å²) in [6.45, 7) is 4.01. The molecule has 4 heteroatoms. The van der Waals surface area contributed by atoms with Gasteiger partial charge in [0.2, 0.25) is 0 Å². The predicted octanol–water partition coefficient (Wildman–Crippen LogP) is 1.51. The molecule has 2 heterocycles. The zero-order chi connectivity index (χ0) is 11.5. The smallest absolute Gasteiger partial charge is 0.161 e. The van der Waals surface area contributed by atoms with Crippen molar-refractivity contribution in [1.29, 1.82) is 0 Å². The lowest BCUT2D eigenvalue weighted by atomic mass is 10.1. The molecule has 1 N–H and O–H groups in total. The summed E-state index contributed by atoms with van der Waals surface area (Å²) < 4.78 is 17.0. The van der Waals surface area contributed by atoms with E-state index in [4.69, 9.17) is 14.2 Å². The number of fused-ring (bicyclic) bond motifs is 1. The van der Waals surface area contributed by atoms with Gasteiger partial charge in [0.05, 0.1) is 25.9 Å². The summed E-state index contributed by atoms with van der Waals surface area (Å²) in [5.41, 5.74) is 1.15. The normalized spacial score (nSPS) is 24.1. The second-order valence-electron chi connectivity index (χ2n) is 4.32. The molecule has 1 aromatic rings. The van der Waals surface area contributed by atoms with E-state index in [-0.39, 0.29) is 6.10 Å². The molecule has 0 radical (unpaired) electrons. The highest BCUT2D eigenvalue weighted by Crippen LogP contribution is 2.33. The fourth-order valence-electron chi connectivity index (χ4n) is 2.16. The average Bonchev–Trinajstić information content (AvgIpc) is 2.64. The van der Waals surface area contributed by atoms with Crippen molar-refractivity contribution in [3.63, 3.8) is 0 Å². The van der Waals surface area contributed by atoms with Crippen LogP contribution in [0.2, 0.25) is 0 Å². The van der Waals surface area contributed by atoms with E-state index in [0.29, 0.717) is 0 Å². The van der Waals surface area contributed by atoms with Crippen LogP contribution in [0.15, 0.2) is 18.2 Å². The molecule has 0 aromatic heterocycles. The Morgan fingerprint density at radius 2 is 1.94 bits per heavy atom. The quantitative estimate of drug-likeness (QED) is 0.801. The first-order valence-corrected chi connectivity index (χ1v) is 6.15. The van der Waals surface area contributed by atoms with E-state index in [2.05, 4.69) is 11.4 Å². The Kier molecular flexibility index (Phi) is 3.16. The number of rotatable bonds is 1. The van der Waals surface area contributed by atoms with Gasteiger partial charge in [-0.15, -0.1) is 0 Å². The highest BCUT2D eigenvalue weighted by molar-refractivity contribution is 5.44. The van der Waals surface area contributed by atoms with Gasteiger partial charge in [0.25, 0.3) is 0 Å². The molecule has 0 amide bonds. The predicted molar refractivity (Wildman–Crippen MR) is 63.6 cm³/mol.